The number of carbonyl (C=O) groups is 1. The van der Waals surface area contributed by atoms with Crippen LogP contribution in [0.25, 0.3) is 0 Å². The molecule has 1 aromatic carbocycles. The Labute approximate surface area is 162 Å². The van der Waals surface area contributed by atoms with Crippen LogP contribution >= 0.6 is 0 Å². The van der Waals surface area contributed by atoms with Crippen molar-refractivity contribution in [2.45, 2.75) is 57.6 Å². The summed E-state index contributed by atoms with van der Waals surface area (Å²) in [7, 11) is 3.60. The SMILES string of the molecule is CCCCN1CC(c2ccc(OC)c(OC3CC4CCC3C4)c2)N(C)C1=O. The maximum absolute atomic E-state index is 12.6. The van der Waals surface area contributed by atoms with E-state index >= 15 is 0 Å². The third-order valence-corrected chi connectivity index (χ3v) is 6.74. The van der Waals surface area contributed by atoms with Crippen molar-refractivity contribution in [3.05, 3.63) is 23.8 Å². The zero-order valence-corrected chi connectivity index (χ0v) is 16.8. The van der Waals surface area contributed by atoms with Gasteiger partial charge in [0.05, 0.1) is 13.2 Å². The van der Waals surface area contributed by atoms with E-state index in [4.69, 9.17) is 9.47 Å². The van der Waals surface area contributed by atoms with Crippen LogP contribution in [-0.4, -0.2) is 49.2 Å². The highest BCUT2D eigenvalue weighted by atomic mass is 16.5. The highest BCUT2D eigenvalue weighted by Gasteiger charge is 2.41. The van der Waals surface area contributed by atoms with Crippen LogP contribution in [0.4, 0.5) is 4.79 Å². The van der Waals surface area contributed by atoms with Gasteiger partial charge in [0, 0.05) is 20.1 Å². The van der Waals surface area contributed by atoms with Gasteiger partial charge < -0.3 is 19.3 Å². The van der Waals surface area contributed by atoms with Crippen LogP contribution in [0.2, 0.25) is 0 Å². The second kappa shape index (κ2) is 7.61. The van der Waals surface area contributed by atoms with Crippen LogP contribution in [0.3, 0.4) is 0 Å². The van der Waals surface area contributed by atoms with Crippen molar-refractivity contribution < 1.29 is 14.3 Å². The Balaban J connectivity index is 1.52. The monoisotopic (exact) mass is 372 g/mol. The molecular formula is C22H32N2O3. The number of urea groups is 1. The van der Waals surface area contributed by atoms with E-state index in [2.05, 4.69) is 19.1 Å². The van der Waals surface area contributed by atoms with Crippen LogP contribution in [0.15, 0.2) is 18.2 Å². The second-order valence-corrected chi connectivity index (χ2v) is 8.45. The third-order valence-electron chi connectivity index (χ3n) is 6.74. The highest BCUT2D eigenvalue weighted by Crippen LogP contribution is 2.47. The maximum atomic E-state index is 12.6. The number of ether oxygens (including phenoxy) is 2. The number of hydrogen-bond donors (Lipinski definition) is 0. The van der Waals surface area contributed by atoms with Crippen LogP contribution < -0.4 is 9.47 Å². The Hall–Kier alpha value is -1.91. The molecule has 0 N–H and O–H groups in total. The van der Waals surface area contributed by atoms with Gasteiger partial charge in [-0.2, -0.15) is 0 Å². The zero-order valence-electron chi connectivity index (χ0n) is 16.8. The molecule has 3 fully saturated rings. The van der Waals surface area contributed by atoms with E-state index in [9.17, 15) is 4.79 Å². The number of benzene rings is 1. The molecule has 27 heavy (non-hydrogen) atoms. The summed E-state index contributed by atoms with van der Waals surface area (Å²) in [6, 6.07) is 6.36. The van der Waals surface area contributed by atoms with E-state index in [0.29, 0.717) is 12.0 Å². The molecule has 0 radical (unpaired) electrons. The number of unbranched alkanes of at least 4 members (excludes halogenated alkanes) is 1. The fourth-order valence-corrected chi connectivity index (χ4v) is 5.12. The van der Waals surface area contributed by atoms with E-state index < -0.39 is 0 Å². The van der Waals surface area contributed by atoms with Gasteiger partial charge in [0.25, 0.3) is 0 Å². The van der Waals surface area contributed by atoms with Gasteiger partial charge in [-0.05, 0) is 61.6 Å². The van der Waals surface area contributed by atoms with Crippen molar-refractivity contribution in [3.63, 3.8) is 0 Å². The molecule has 2 amide bonds. The molecule has 2 aliphatic carbocycles. The minimum absolute atomic E-state index is 0.0719. The smallest absolute Gasteiger partial charge is 0.320 e. The zero-order chi connectivity index (χ0) is 19.0. The summed E-state index contributed by atoms with van der Waals surface area (Å²) in [5.74, 6) is 3.17. The van der Waals surface area contributed by atoms with E-state index in [1.807, 2.05) is 22.9 Å². The predicted octanol–water partition coefficient (Wildman–Crippen LogP) is 4.47. The van der Waals surface area contributed by atoms with Crippen molar-refractivity contribution >= 4 is 6.03 Å². The topological polar surface area (TPSA) is 42.0 Å². The number of amides is 2. The first-order valence-corrected chi connectivity index (χ1v) is 10.5. The standard InChI is InChI=1S/C22H32N2O3/c1-4-5-10-24-14-18(23(2)22(24)25)16-8-9-19(26-3)21(13-16)27-20-12-15-6-7-17(20)11-15/h8-9,13,15,17-18,20H,4-7,10-12,14H2,1-3H3. The van der Waals surface area contributed by atoms with Crippen molar-refractivity contribution in [1.29, 1.82) is 0 Å². The van der Waals surface area contributed by atoms with Gasteiger partial charge >= 0.3 is 6.03 Å². The van der Waals surface area contributed by atoms with Crippen LogP contribution in [0.1, 0.15) is 57.1 Å². The molecule has 2 bridgehead atoms. The molecule has 1 aliphatic heterocycles. The fraction of sp³-hybridized carbons (Fsp3) is 0.682. The minimum atomic E-state index is 0.0719. The lowest BCUT2D eigenvalue weighted by atomic mass is 9.97. The molecule has 5 nitrogen and oxygen atoms in total. The van der Waals surface area contributed by atoms with Crippen LogP contribution in [0.5, 0.6) is 11.5 Å². The molecule has 2 saturated carbocycles. The number of methoxy groups -OCH3 is 1. The van der Waals surface area contributed by atoms with Crippen LogP contribution in [-0.2, 0) is 0 Å². The summed E-state index contributed by atoms with van der Waals surface area (Å²) in [5.41, 5.74) is 1.13. The Kier molecular flexibility index (Phi) is 5.20. The van der Waals surface area contributed by atoms with Gasteiger partial charge in [0.15, 0.2) is 11.5 Å². The van der Waals surface area contributed by atoms with Gasteiger partial charge in [-0.15, -0.1) is 0 Å². The number of hydrogen-bond acceptors (Lipinski definition) is 3. The van der Waals surface area contributed by atoms with Gasteiger partial charge in [-0.25, -0.2) is 4.79 Å². The lowest BCUT2D eigenvalue weighted by Gasteiger charge is -2.25. The Morgan fingerprint density at radius 2 is 2.04 bits per heavy atom. The minimum Gasteiger partial charge on any atom is -0.493 e. The highest BCUT2D eigenvalue weighted by molar-refractivity contribution is 5.77. The molecule has 4 atom stereocenters. The molecule has 1 heterocycles. The maximum Gasteiger partial charge on any atom is 0.320 e. The fourth-order valence-electron chi connectivity index (χ4n) is 5.12. The summed E-state index contributed by atoms with van der Waals surface area (Å²) in [6.07, 6.45) is 7.62. The number of likely N-dealkylation sites (N-methyl/N-ethyl adjacent to an activating group) is 1. The van der Waals surface area contributed by atoms with Gasteiger partial charge in [-0.3, -0.25) is 0 Å². The molecular weight excluding hydrogens is 340 g/mol. The molecule has 4 unspecified atom stereocenters. The molecule has 1 aromatic rings. The lowest BCUT2D eigenvalue weighted by molar-refractivity contribution is 0.133. The second-order valence-electron chi connectivity index (χ2n) is 8.45. The predicted molar refractivity (Wildman–Crippen MR) is 105 cm³/mol. The molecule has 1 saturated heterocycles. The molecule has 3 aliphatic rings. The van der Waals surface area contributed by atoms with E-state index in [1.165, 1.54) is 25.7 Å². The quantitative estimate of drug-likeness (QED) is 0.709. The molecule has 4 rings (SSSR count). The average molecular weight is 373 g/mol. The average Bonchev–Trinajstić information content (AvgIpc) is 3.37. The summed E-state index contributed by atoms with van der Waals surface area (Å²) in [4.78, 5) is 16.4. The molecule has 0 spiro atoms. The lowest BCUT2D eigenvalue weighted by Crippen LogP contribution is -2.30. The largest absolute Gasteiger partial charge is 0.493 e. The van der Waals surface area contributed by atoms with Crippen LogP contribution in [0, 0.1) is 11.8 Å². The van der Waals surface area contributed by atoms with Crippen molar-refractivity contribution in [1.82, 2.24) is 9.80 Å². The summed E-state index contributed by atoms with van der Waals surface area (Å²) < 4.78 is 12.0. The number of nitrogens with zero attached hydrogens (tertiary/aromatic N) is 2. The summed E-state index contributed by atoms with van der Waals surface area (Å²) in [5, 5.41) is 0. The first-order valence-electron chi connectivity index (χ1n) is 10.5. The molecule has 148 valence electrons. The van der Waals surface area contributed by atoms with Crippen molar-refractivity contribution in [2.24, 2.45) is 11.8 Å². The van der Waals surface area contributed by atoms with Crippen molar-refractivity contribution in [2.75, 3.05) is 27.2 Å². The molecule has 0 aromatic heterocycles. The normalized spacial score (nSPS) is 29.7. The van der Waals surface area contributed by atoms with E-state index in [-0.39, 0.29) is 12.1 Å². The first kappa shape index (κ1) is 18.5. The number of carbonyl (C=O) groups excluding carboxylic acids is 1. The molecule has 5 heteroatoms. The van der Waals surface area contributed by atoms with Gasteiger partial charge in [-0.1, -0.05) is 19.4 Å². The Morgan fingerprint density at radius 3 is 2.70 bits per heavy atom. The van der Waals surface area contributed by atoms with Gasteiger partial charge in [0.2, 0.25) is 0 Å². The van der Waals surface area contributed by atoms with Gasteiger partial charge in [0.1, 0.15) is 6.10 Å². The Morgan fingerprint density at radius 1 is 1.19 bits per heavy atom. The summed E-state index contributed by atoms with van der Waals surface area (Å²) in [6.45, 7) is 3.74. The Bertz CT molecular complexity index is 692. The van der Waals surface area contributed by atoms with E-state index in [0.717, 1.165) is 48.9 Å². The summed E-state index contributed by atoms with van der Waals surface area (Å²) >= 11 is 0. The van der Waals surface area contributed by atoms with E-state index in [1.54, 1.807) is 7.11 Å². The number of fused-ring (bicyclic) bond motifs is 2. The third kappa shape index (κ3) is 3.48. The first-order chi connectivity index (χ1) is 13.1. The van der Waals surface area contributed by atoms with Crippen molar-refractivity contribution in [3.8, 4) is 11.5 Å². The number of rotatable bonds is 7.